The van der Waals surface area contributed by atoms with Gasteiger partial charge in [-0.1, -0.05) is 72.2 Å². The minimum Gasteiger partial charge on any atom is -0.872 e. The van der Waals surface area contributed by atoms with E-state index in [1.165, 1.54) is 24.3 Å². The fourth-order valence-corrected chi connectivity index (χ4v) is 1.73. The molecule has 0 bridgehead atoms. The molecule has 0 saturated carbocycles. The van der Waals surface area contributed by atoms with Crippen LogP contribution in [0.4, 0.5) is 0 Å². The van der Waals surface area contributed by atoms with Crippen LogP contribution < -0.4 is 20.4 Å². The van der Waals surface area contributed by atoms with Crippen LogP contribution >= 0.6 is 0 Å². The van der Waals surface area contributed by atoms with E-state index in [0.717, 1.165) is 0 Å². The number of carbonyl (C=O) groups is 4. The molecule has 0 aromatic heterocycles. The molecule has 158 valence electrons. The first-order valence-corrected chi connectivity index (χ1v) is 7.61. The van der Waals surface area contributed by atoms with Gasteiger partial charge in [-0.05, 0) is 23.3 Å². The normalized spacial score (nSPS) is 10.3. The Morgan fingerprint density at radius 1 is 0.533 bits per heavy atom. The van der Waals surface area contributed by atoms with Crippen molar-refractivity contribution in [1.29, 1.82) is 0 Å². The van der Waals surface area contributed by atoms with E-state index in [4.69, 9.17) is 0 Å². The molecular weight excluding hydrogens is 486 g/mol. The topological polar surface area (TPSA) is 161 Å². The molecule has 0 amide bonds. The number of benzene rings is 2. The molecular formula is C20H12Co2O8. The number of hydrogen-bond acceptors (Lipinski definition) is 8. The first kappa shape index (κ1) is 29.0. The summed E-state index contributed by atoms with van der Waals surface area (Å²) in [5.41, 5.74) is 0.532. The molecule has 0 unspecified atom stereocenters. The molecule has 2 rings (SSSR count). The fraction of sp³-hybridized carbons (Fsp3) is 0. The van der Waals surface area contributed by atoms with Gasteiger partial charge in [0, 0.05) is 0 Å². The Kier molecular flexibility index (Phi) is 14.3. The number of carboxylic acids is 2. The average molecular weight is 498 g/mol. The molecule has 0 N–H and O–H groups in total. The summed E-state index contributed by atoms with van der Waals surface area (Å²) in [6.45, 7) is 0. The zero-order valence-corrected chi connectivity index (χ0v) is 16.9. The van der Waals surface area contributed by atoms with Gasteiger partial charge in [0.15, 0.2) is 0 Å². The van der Waals surface area contributed by atoms with Crippen LogP contribution in [0.2, 0.25) is 0 Å². The summed E-state index contributed by atoms with van der Waals surface area (Å²) >= 11 is 0. The van der Waals surface area contributed by atoms with E-state index in [0.29, 0.717) is 12.2 Å². The molecule has 0 heterocycles. The van der Waals surface area contributed by atoms with Crippen LogP contribution in [0.5, 0.6) is 0 Å². The van der Waals surface area contributed by atoms with Gasteiger partial charge in [-0.2, -0.15) is 0 Å². The van der Waals surface area contributed by atoms with E-state index in [2.05, 4.69) is 0 Å². The number of hydrogen-bond donors (Lipinski definition) is 0. The predicted octanol–water partition coefficient (Wildman–Crippen LogP) is -2.59. The van der Waals surface area contributed by atoms with E-state index in [1.807, 2.05) is 0 Å². The molecule has 8 nitrogen and oxygen atoms in total. The van der Waals surface area contributed by atoms with Crippen molar-refractivity contribution in [3.8, 4) is 0 Å². The number of carboxylic acid groups (broad SMARTS) is 2. The summed E-state index contributed by atoms with van der Waals surface area (Å²) in [6, 6.07) is 15.8. The minimum absolute atomic E-state index is 0. The quantitative estimate of drug-likeness (QED) is 0.238. The number of rotatable bonds is 6. The summed E-state index contributed by atoms with van der Waals surface area (Å²) < 4.78 is 0. The molecule has 0 atom stereocenters. The van der Waals surface area contributed by atoms with Gasteiger partial charge in [0.05, 0.1) is 0 Å². The van der Waals surface area contributed by atoms with Crippen molar-refractivity contribution < 1.29 is 73.2 Å². The Hall–Kier alpha value is -3.19. The standard InChI is InChI=1S/2C10H8O4.2Co/c2*11-8(6-9(12)10(13)14)7-4-2-1-3-5-7;;/h2*1-6,11H,(H,13,14);;/q;;2*+2/p-4/b2*8-6-;;. The van der Waals surface area contributed by atoms with Gasteiger partial charge < -0.3 is 30.0 Å². The Bertz CT molecular complexity index is 845. The van der Waals surface area contributed by atoms with Crippen molar-refractivity contribution in [2.24, 2.45) is 0 Å². The number of ketones is 2. The Morgan fingerprint density at radius 3 is 1.03 bits per heavy atom. The zero-order valence-electron chi connectivity index (χ0n) is 14.9. The van der Waals surface area contributed by atoms with Crippen molar-refractivity contribution >= 4 is 35.0 Å². The van der Waals surface area contributed by atoms with Gasteiger partial charge in [0.2, 0.25) is 11.6 Å². The molecule has 0 aliphatic heterocycles. The second-order valence-electron chi connectivity index (χ2n) is 5.05. The zero-order chi connectivity index (χ0) is 21.1. The third-order valence-corrected chi connectivity index (χ3v) is 3.04. The molecule has 0 fully saturated rings. The third kappa shape index (κ3) is 10.4. The molecule has 0 aliphatic carbocycles. The second kappa shape index (κ2) is 14.8. The summed E-state index contributed by atoms with van der Waals surface area (Å²) in [7, 11) is 0. The fourth-order valence-electron chi connectivity index (χ4n) is 1.73. The van der Waals surface area contributed by atoms with Gasteiger partial charge in [-0.3, -0.25) is 9.59 Å². The monoisotopic (exact) mass is 498 g/mol. The molecule has 2 aromatic carbocycles. The smallest absolute Gasteiger partial charge is 0.872 e. The first-order valence-electron chi connectivity index (χ1n) is 7.61. The van der Waals surface area contributed by atoms with E-state index < -0.39 is 35.0 Å². The van der Waals surface area contributed by atoms with Crippen LogP contribution in [0, 0.1) is 0 Å². The van der Waals surface area contributed by atoms with Crippen molar-refractivity contribution in [3.05, 3.63) is 83.9 Å². The third-order valence-electron chi connectivity index (χ3n) is 3.04. The molecule has 0 saturated heterocycles. The van der Waals surface area contributed by atoms with Gasteiger partial charge in [0.25, 0.3) is 0 Å². The maximum atomic E-state index is 11.2. The average Bonchev–Trinajstić information content (AvgIpc) is 2.69. The maximum Gasteiger partial charge on any atom is 2.00 e. The summed E-state index contributed by atoms with van der Waals surface area (Å²) in [5, 5.41) is 42.4. The molecule has 2 radical (unpaired) electrons. The predicted molar refractivity (Wildman–Crippen MR) is 88.9 cm³/mol. The summed E-state index contributed by atoms with van der Waals surface area (Å²) in [5.74, 6) is -7.68. The Labute approximate surface area is 191 Å². The SMILES string of the molecule is O=C([O-])C(=O)/C=C(\[O-])c1ccccc1.O=C([O-])C(=O)/C=C(\[O-])c1ccccc1.[Co+2].[Co+2]. The van der Waals surface area contributed by atoms with E-state index >= 15 is 0 Å². The second-order valence-corrected chi connectivity index (χ2v) is 5.05. The molecule has 2 aromatic rings. The van der Waals surface area contributed by atoms with Crippen LogP contribution in [0.25, 0.3) is 11.5 Å². The van der Waals surface area contributed by atoms with Gasteiger partial charge >= 0.3 is 33.6 Å². The summed E-state index contributed by atoms with van der Waals surface area (Å²) in [6.07, 6.45) is 1.01. The van der Waals surface area contributed by atoms with Crippen molar-refractivity contribution in [3.63, 3.8) is 0 Å². The number of aliphatic carboxylic acids is 2. The molecule has 0 spiro atoms. The van der Waals surface area contributed by atoms with Crippen LogP contribution in [-0.2, 0) is 52.7 Å². The van der Waals surface area contributed by atoms with Crippen LogP contribution in [-0.4, -0.2) is 23.5 Å². The Morgan fingerprint density at radius 2 is 0.800 bits per heavy atom. The van der Waals surface area contributed by atoms with Crippen molar-refractivity contribution in [2.45, 2.75) is 0 Å². The Balaban J connectivity index is 0. The van der Waals surface area contributed by atoms with E-state index in [-0.39, 0.29) is 44.7 Å². The summed E-state index contributed by atoms with van der Waals surface area (Å²) in [4.78, 5) is 41.2. The van der Waals surface area contributed by atoms with Crippen LogP contribution in [0.15, 0.2) is 72.8 Å². The van der Waals surface area contributed by atoms with Crippen LogP contribution in [0.3, 0.4) is 0 Å². The van der Waals surface area contributed by atoms with Gasteiger partial charge in [-0.15, -0.1) is 0 Å². The largest absolute Gasteiger partial charge is 2.00 e. The van der Waals surface area contributed by atoms with Crippen molar-refractivity contribution in [2.75, 3.05) is 0 Å². The van der Waals surface area contributed by atoms with Crippen LogP contribution in [0.1, 0.15) is 11.1 Å². The van der Waals surface area contributed by atoms with Gasteiger partial charge in [0.1, 0.15) is 11.9 Å². The van der Waals surface area contributed by atoms with E-state index in [1.54, 1.807) is 36.4 Å². The van der Waals surface area contributed by atoms with Gasteiger partial charge in [-0.25, -0.2) is 0 Å². The minimum atomic E-state index is -1.88. The molecule has 10 heteroatoms. The van der Waals surface area contributed by atoms with Crippen molar-refractivity contribution in [1.82, 2.24) is 0 Å². The maximum absolute atomic E-state index is 11.2. The molecule has 0 aliphatic rings. The van der Waals surface area contributed by atoms with E-state index in [9.17, 15) is 39.6 Å². The first-order chi connectivity index (χ1) is 13.2. The molecule has 30 heavy (non-hydrogen) atoms. The number of carbonyl (C=O) groups excluding carboxylic acids is 4.